The lowest BCUT2D eigenvalue weighted by atomic mass is 10.2. The molecule has 0 saturated heterocycles. The molecular formula is C25H26BrN3O3. The fourth-order valence-corrected chi connectivity index (χ4v) is 3.21. The Morgan fingerprint density at radius 1 is 1.06 bits per heavy atom. The van der Waals surface area contributed by atoms with Crippen LogP contribution in [0.1, 0.15) is 24.5 Å². The Labute approximate surface area is 196 Å². The zero-order valence-corrected chi connectivity index (χ0v) is 19.6. The van der Waals surface area contributed by atoms with Gasteiger partial charge in [0, 0.05) is 15.7 Å². The molecule has 1 amide bonds. The molecule has 2 N–H and O–H groups in total. The number of rotatable bonds is 10. The van der Waals surface area contributed by atoms with Crippen molar-refractivity contribution in [2.75, 3.05) is 12.4 Å². The van der Waals surface area contributed by atoms with Crippen molar-refractivity contribution in [1.82, 2.24) is 5.43 Å². The van der Waals surface area contributed by atoms with Gasteiger partial charge in [-0.25, -0.2) is 5.43 Å². The Balaban J connectivity index is 1.57. The van der Waals surface area contributed by atoms with E-state index in [0.29, 0.717) is 18.8 Å². The quantitative estimate of drug-likeness (QED) is 0.292. The van der Waals surface area contributed by atoms with Crippen LogP contribution < -0.4 is 20.2 Å². The lowest BCUT2D eigenvalue weighted by Gasteiger charge is -2.16. The molecule has 7 heteroatoms. The minimum Gasteiger partial charge on any atom is -0.497 e. The first-order chi connectivity index (χ1) is 15.6. The first-order valence-electron chi connectivity index (χ1n) is 10.3. The molecule has 0 bridgehead atoms. The third-order valence-electron chi connectivity index (χ3n) is 4.76. The minimum absolute atomic E-state index is 0.215. The van der Waals surface area contributed by atoms with Crippen molar-refractivity contribution in [2.45, 2.75) is 26.0 Å². The molecule has 0 saturated carbocycles. The van der Waals surface area contributed by atoms with Gasteiger partial charge in [-0.15, -0.1) is 0 Å². The van der Waals surface area contributed by atoms with Gasteiger partial charge < -0.3 is 14.8 Å². The van der Waals surface area contributed by atoms with Gasteiger partial charge in [-0.1, -0.05) is 47.1 Å². The number of hydrogen-bond acceptors (Lipinski definition) is 5. The highest BCUT2D eigenvalue weighted by Gasteiger charge is 2.15. The van der Waals surface area contributed by atoms with E-state index in [1.165, 1.54) is 0 Å². The molecule has 0 spiro atoms. The van der Waals surface area contributed by atoms with E-state index in [2.05, 4.69) is 31.8 Å². The van der Waals surface area contributed by atoms with Crippen molar-refractivity contribution in [3.05, 3.63) is 88.4 Å². The standard InChI is InChI=1S/C25H26BrN3O3/c1-3-23(28-21-12-14-22(31-2)15-13-21)25(30)29-27-16-19-6-4-5-7-24(19)32-17-18-8-10-20(26)11-9-18/h4-16,23,28H,3,17H2,1-2H3,(H,29,30). The van der Waals surface area contributed by atoms with E-state index in [0.717, 1.165) is 27.0 Å². The smallest absolute Gasteiger partial charge is 0.262 e. The van der Waals surface area contributed by atoms with Crippen LogP contribution in [0.3, 0.4) is 0 Å². The van der Waals surface area contributed by atoms with Gasteiger partial charge in [-0.3, -0.25) is 4.79 Å². The van der Waals surface area contributed by atoms with Crippen LogP contribution in [0.25, 0.3) is 0 Å². The number of carbonyl (C=O) groups excluding carboxylic acids is 1. The zero-order chi connectivity index (χ0) is 22.8. The van der Waals surface area contributed by atoms with Crippen molar-refractivity contribution in [1.29, 1.82) is 0 Å². The molecule has 0 heterocycles. The third kappa shape index (κ3) is 6.85. The summed E-state index contributed by atoms with van der Waals surface area (Å²) in [6.45, 7) is 2.38. The Morgan fingerprint density at radius 3 is 2.47 bits per heavy atom. The van der Waals surface area contributed by atoms with E-state index in [9.17, 15) is 4.79 Å². The molecule has 1 unspecified atom stereocenters. The maximum Gasteiger partial charge on any atom is 0.262 e. The fourth-order valence-electron chi connectivity index (χ4n) is 2.95. The van der Waals surface area contributed by atoms with Gasteiger partial charge >= 0.3 is 0 Å². The maximum atomic E-state index is 12.6. The number of halogens is 1. The molecule has 3 aromatic rings. The molecule has 166 valence electrons. The molecule has 0 radical (unpaired) electrons. The summed E-state index contributed by atoms with van der Waals surface area (Å²) in [5, 5.41) is 7.35. The van der Waals surface area contributed by atoms with E-state index in [-0.39, 0.29) is 5.91 Å². The monoisotopic (exact) mass is 495 g/mol. The van der Waals surface area contributed by atoms with Crippen LogP contribution in [-0.4, -0.2) is 25.3 Å². The minimum atomic E-state index is -0.413. The van der Waals surface area contributed by atoms with Crippen molar-refractivity contribution in [3.8, 4) is 11.5 Å². The molecule has 0 aromatic heterocycles. The number of carbonyl (C=O) groups is 1. The van der Waals surface area contributed by atoms with E-state index < -0.39 is 6.04 Å². The van der Waals surface area contributed by atoms with E-state index in [4.69, 9.17) is 9.47 Å². The van der Waals surface area contributed by atoms with Gasteiger partial charge in [0.05, 0.1) is 13.3 Å². The summed E-state index contributed by atoms with van der Waals surface area (Å²) < 4.78 is 12.1. The largest absolute Gasteiger partial charge is 0.497 e. The zero-order valence-electron chi connectivity index (χ0n) is 18.0. The van der Waals surface area contributed by atoms with E-state index >= 15 is 0 Å². The predicted octanol–water partition coefficient (Wildman–Crippen LogP) is 5.38. The third-order valence-corrected chi connectivity index (χ3v) is 5.29. The highest BCUT2D eigenvalue weighted by atomic mass is 79.9. The average molecular weight is 496 g/mol. The number of amides is 1. The van der Waals surface area contributed by atoms with Crippen LogP contribution in [0.4, 0.5) is 5.69 Å². The number of hydrazone groups is 1. The molecule has 3 rings (SSSR count). The van der Waals surface area contributed by atoms with Gasteiger partial charge in [-0.2, -0.15) is 5.10 Å². The number of hydrogen-bond donors (Lipinski definition) is 2. The SMILES string of the molecule is CCC(Nc1ccc(OC)cc1)C(=O)NN=Cc1ccccc1OCc1ccc(Br)cc1. The fraction of sp³-hybridized carbons (Fsp3) is 0.200. The normalized spacial score (nSPS) is 11.7. The molecule has 3 aromatic carbocycles. The summed E-state index contributed by atoms with van der Waals surface area (Å²) in [6, 6.07) is 22.5. The average Bonchev–Trinajstić information content (AvgIpc) is 2.83. The molecule has 1 atom stereocenters. The molecule has 0 aliphatic heterocycles. The Kier molecular flexibility index (Phi) is 8.69. The van der Waals surface area contributed by atoms with Crippen molar-refractivity contribution in [3.63, 3.8) is 0 Å². The van der Waals surface area contributed by atoms with Gasteiger partial charge in [0.15, 0.2) is 0 Å². The second kappa shape index (κ2) is 11.9. The number of benzene rings is 3. The second-order valence-corrected chi connectivity index (χ2v) is 7.94. The van der Waals surface area contributed by atoms with Crippen LogP contribution in [-0.2, 0) is 11.4 Å². The summed E-state index contributed by atoms with van der Waals surface area (Å²) in [7, 11) is 1.62. The number of anilines is 1. The van der Waals surface area contributed by atoms with Crippen LogP contribution in [0.5, 0.6) is 11.5 Å². The summed E-state index contributed by atoms with van der Waals surface area (Å²) in [4.78, 5) is 12.6. The number of methoxy groups -OCH3 is 1. The predicted molar refractivity (Wildman–Crippen MR) is 131 cm³/mol. The Morgan fingerprint density at radius 2 is 1.78 bits per heavy atom. The summed E-state index contributed by atoms with van der Waals surface area (Å²) in [5.74, 6) is 1.24. The van der Waals surface area contributed by atoms with Crippen LogP contribution >= 0.6 is 15.9 Å². The van der Waals surface area contributed by atoms with Gasteiger partial charge in [0.25, 0.3) is 5.91 Å². The highest BCUT2D eigenvalue weighted by molar-refractivity contribution is 9.10. The number of nitrogens with one attached hydrogen (secondary N) is 2. The van der Waals surface area contributed by atoms with Crippen molar-refractivity contribution < 1.29 is 14.3 Å². The molecule has 0 aliphatic carbocycles. The van der Waals surface area contributed by atoms with Crippen LogP contribution in [0.2, 0.25) is 0 Å². The van der Waals surface area contributed by atoms with Crippen molar-refractivity contribution in [2.24, 2.45) is 5.10 Å². The highest BCUT2D eigenvalue weighted by Crippen LogP contribution is 2.19. The summed E-state index contributed by atoms with van der Waals surface area (Å²) >= 11 is 3.43. The molecular weight excluding hydrogens is 470 g/mol. The first-order valence-corrected chi connectivity index (χ1v) is 11.1. The molecule has 0 aliphatic rings. The summed E-state index contributed by atoms with van der Waals surface area (Å²) in [6.07, 6.45) is 2.20. The molecule has 6 nitrogen and oxygen atoms in total. The number of ether oxygens (including phenoxy) is 2. The summed E-state index contributed by atoms with van der Waals surface area (Å²) in [5.41, 5.74) is 5.29. The number of para-hydroxylation sites is 1. The van der Waals surface area contributed by atoms with Crippen molar-refractivity contribution >= 4 is 33.7 Å². The second-order valence-electron chi connectivity index (χ2n) is 7.02. The Hall–Kier alpha value is -3.32. The van der Waals surface area contributed by atoms with Crippen LogP contribution in [0.15, 0.2) is 82.4 Å². The van der Waals surface area contributed by atoms with Gasteiger partial charge in [0.1, 0.15) is 24.1 Å². The topological polar surface area (TPSA) is 72.0 Å². The van der Waals surface area contributed by atoms with E-state index in [1.807, 2.05) is 79.7 Å². The number of nitrogens with zero attached hydrogens (tertiary/aromatic N) is 1. The first kappa shape index (κ1) is 23.3. The van der Waals surface area contributed by atoms with Crippen LogP contribution in [0, 0.1) is 0 Å². The maximum absolute atomic E-state index is 12.6. The van der Waals surface area contributed by atoms with Gasteiger partial charge in [-0.05, 0) is 60.5 Å². The Bertz CT molecular complexity index is 1040. The molecule has 32 heavy (non-hydrogen) atoms. The lowest BCUT2D eigenvalue weighted by molar-refractivity contribution is -0.121. The lowest BCUT2D eigenvalue weighted by Crippen LogP contribution is -2.36. The van der Waals surface area contributed by atoms with Gasteiger partial charge in [0.2, 0.25) is 0 Å². The molecule has 0 fully saturated rings. The van der Waals surface area contributed by atoms with E-state index in [1.54, 1.807) is 13.3 Å².